The van der Waals surface area contributed by atoms with Crippen molar-refractivity contribution in [3.63, 3.8) is 0 Å². The van der Waals surface area contributed by atoms with Gasteiger partial charge in [-0.15, -0.1) is 11.8 Å². The van der Waals surface area contributed by atoms with Gasteiger partial charge < -0.3 is 14.8 Å². The molecule has 0 aliphatic rings. The van der Waals surface area contributed by atoms with E-state index in [1.807, 2.05) is 42.7 Å². The van der Waals surface area contributed by atoms with Gasteiger partial charge in [0.1, 0.15) is 11.5 Å². The number of carbonyl (C=O) groups is 1. The van der Waals surface area contributed by atoms with Gasteiger partial charge in [-0.3, -0.25) is 4.79 Å². The molecule has 0 atom stereocenters. The van der Waals surface area contributed by atoms with Crippen LogP contribution in [0.1, 0.15) is 0 Å². The van der Waals surface area contributed by atoms with Crippen LogP contribution in [0.5, 0.6) is 11.5 Å². The van der Waals surface area contributed by atoms with Gasteiger partial charge in [-0.05, 0) is 42.7 Å². The first-order valence-corrected chi connectivity index (χ1v) is 7.64. The molecule has 4 nitrogen and oxygen atoms in total. The number of amides is 1. The molecule has 0 saturated heterocycles. The monoisotopic (exact) mass is 303 g/mol. The van der Waals surface area contributed by atoms with E-state index in [-0.39, 0.29) is 12.5 Å². The van der Waals surface area contributed by atoms with Crippen LogP contribution in [-0.4, -0.2) is 25.9 Å². The second kappa shape index (κ2) is 7.59. The Hall–Kier alpha value is -2.14. The molecule has 0 fully saturated rings. The van der Waals surface area contributed by atoms with Crippen molar-refractivity contribution in [2.45, 2.75) is 4.90 Å². The number of thioether (sulfide) groups is 1. The van der Waals surface area contributed by atoms with Crippen LogP contribution in [0, 0.1) is 0 Å². The Morgan fingerprint density at radius 2 is 1.90 bits per heavy atom. The predicted molar refractivity (Wildman–Crippen MR) is 85.3 cm³/mol. The van der Waals surface area contributed by atoms with E-state index in [1.54, 1.807) is 31.0 Å². The van der Waals surface area contributed by atoms with Gasteiger partial charge in [0.15, 0.2) is 6.61 Å². The molecule has 0 unspecified atom stereocenters. The van der Waals surface area contributed by atoms with Crippen LogP contribution in [0.2, 0.25) is 0 Å². The Morgan fingerprint density at radius 1 is 1.14 bits per heavy atom. The highest BCUT2D eigenvalue weighted by atomic mass is 32.2. The van der Waals surface area contributed by atoms with Crippen molar-refractivity contribution in [2.75, 3.05) is 25.3 Å². The lowest BCUT2D eigenvalue weighted by Gasteiger charge is -2.09. The van der Waals surface area contributed by atoms with E-state index in [4.69, 9.17) is 9.47 Å². The molecular weight excluding hydrogens is 286 g/mol. The number of ether oxygens (including phenoxy) is 2. The first kappa shape index (κ1) is 15.3. The maximum atomic E-state index is 11.8. The minimum Gasteiger partial charge on any atom is -0.497 e. The number of hydrogen-bond donors (Lipinski definition) is 1. The van der Waals surface area contributed by atoms with Crippen LogP contribution >= 0.6 is 11.8 Å². The van der Waals surface area contributed by atoms with Crippen molar-refractivity contribution < 1.29 is 14.3 Å². The summed E-state index contributed by atoms with van der Waals surface area (Å²) in [5.41, 5.74) is 0.681. The maximum absolute atomic E-state index is 11.8. The van der Waals surface area contributed by atoms with Gasteiger partial charge >= 0.3 is 0 Å². The molecule has 110 valence electrons. The van der Waals surface area contributed by atoms with Crippen LogP contribution in [0.3, 0.4) is 0 Å². The molecule has 1 amide bonds. The molecule has 2 aromatic rings. The number of benzene rings is 2. The Morgan fingerprint density at radius 3 is 2.57 bits per heavy atom. The molecule has 0 radical (unpaired) electrons. The van der Waals surface area contributed by atoms with Crippen molar-refractivity contribution in [2.24, 2.45) is 0 Å². The van der Waals surface area contributed by atoms with Gasteiger partial charge in [-0.25, -0.2) is 0 Å². The Bertz CT molecular complexity index is 599. The summed E-state index contributed by atoms with van der Waals surface area (Å²) in [6.45, 7) is -0.0319. The van der Waals surface area contributed by atoms with Crippen molar-refractivity contribution >= 4 is 23.4 Å². The van der Waals surface area contributed by atoms with Gasteiger partial charge in [0.2, 0.25) is 0 Å². The van der Waals surface area contributed by atoms with E-state index in [0.29, 0.717) is 17.2 Å². The molecule has 21 heavy (non-hydrogen) atoms. The number of carbonyl (C=O) groups excluding carboxylic acids is 1. The number of methoxy groups -OCH3 is 1. The third-order valence-electron chi connectivity index (χ3n) is 2.78. The summed E-state index contributed by atoms with van der Waals surface area (Å²) in [5.74, 6) is 1.16. The smallest absolute Gasteiger partial charge is 0.262 e. The quantitative estimate of drug-likeness (QED) is 0.831. The molecule has 0 heterocycles. The van der Waals surface area contributed by atoms with E-state index in [1.165, 1.54) is 0 Å². The van der Waals surface area contributed by atoms with E-state index in [9.17, 15) is 4.79 Å². The summed E-state index contributed by atoms with van der Waals surface area (Å²) in [5, 5.41) is 2.76. The van der Waals surface area contributed by atoms with E-state index in [0.717, 1.165) is 4.90 Å². The average molecular weight is 303 g/mol. The zero-order chi connectivity index (χ0) is 15.1. The van der Waals surface area contributed by atoms with Gasteiger partial charge in [0, 0.05) is 16.6 Å². The Kier molecular flexibility index (Phi) is 5.51. The fourth-order valence-corrected chi connectivity index (χ4v) is 2.13. The average Bonchev–Trinajstić information content (AvgIpc) is 2.53. The van der Waals surface area contributed by atoms with E-state index in [2.05, 4.69) is 5.32 Å². The molecule has 2 aromatic carbocycles. The first-order valence-electron chi connectivity index (χ1n) is 6.42. The normalized spacial score (nSPS) is 10.0. The predicted octanol–water partition coefficient (Wildman–Crippen LogP) is 3.43. The summed E-state index contributed by atoms with van der Waals surface area (Å²) in [7, 11) is 1.59. The summed E-state index contributed by atoms with van der Waals surface area (Å²) >= 11 is 1.66. The summed E-state index contributed by atoms with van der Waals surface area (Å²) in [6.07, 6.45) is 2.01. The van der Waals surface area contributed by atoms with Crippen LogP contribution in [0.25, 0.3) is 0 Å². The van der Waals surface area contributed by atoms with E-state index < -0.39 is 0 Å². The molecule has 0 aliphatic carbocycles. The standard InChI is InChI=1S/C16H17NO3S/c1-19-14-5-3-4-12(10-14)17-16(18)11-20-13-6-8-15(21-2)9-7-13/h3-10H,11H2,1-2H3,(H,17,18). The van der Waals surface area contributed by atoms with Crippen LogP contribution in [0.4, 0.5) is 5.69 Å². The fourth-order valence-electron chi connectivity index (χ4n) is 1.72. The lowest BCUT2D eigenvalue weighted by molar-refractivity contribution is -0.118. The van der Waals surface area contributed by atoms with Gasteiger partial charge in [-0.1, -0.05) is 6.07 Å². The zero-order valence-corrected chi connectivity index (χ0v) is 12.8. The Labute approximate surface area is 128 Å². The maximum Gasteiger partial charge on any atom is 0.262 e. The first-order chi connectivity index (χ1) is 10.2. The molecule has 0 aliphatic heterocycles. The molecule has 2 rings (SSSR count). The minimum atomic E-state index is -0.211. The summed E-state index contributed by atoms with van der Waals surface area (Å²) in [6, 6.07) is 14.8. The second-order valence-electron chi connectivity index (χ2n) is 4.24. The third-order valence-corrected chi connectivity index (χ3v) is 3.53. The molecule has 0 aromatic heterocycles. The topological polar surface area (TPSA) is 47.6 Å². The third kappa shape index (κ3) is 4.72. The van der Waals surface area contributed by atoms with Gasteiger partial charge in [-0.2, -0.15) is 0 Å². The van der Waals surface area contributed by atoms with Gasteiger partial charge in [0.05, 0.1) is 7.11 Å². The van der Waals surface area contributed by atoms with Crippen LogP contribution in [0.15, 0.2) is 53.4 Å². The van der Waals surface area contributed by atoms with Crippen LogP contribution < -0.4 is 14.8 Å². The highest BCUT2D eigenvalue weighted by molar-refractivity contribution is 7.98. The SMILES string of the molecule is COc1cccc(NC(=O)COc2ccc(SC)cc2)c1. The lowest BCUT2D eigenvalue weighted by Crippen LogP contribution is -2.20. The van der Waals surface area contributed by atoms with Gasteiger partial charge in [0.25, 0.3) is 5.91 Å². The van der Waals surface area contributed by atoms with Crippen LogP contribution in [-0.2, 0) is 4.79 Å². The molecule has 1 N–H and O–H groups in total. The second-order valence-corrected chi connectivity index (χ2v) is 5.12. The molecular formula is C16H17NO3S. The van der Waals surface area contributed by atoms with Crippen molar-refractivity contribution in [1.29, 1.82) is 0 Å². The van der Waals surface area contributed by atoms with E-state index >= 15 is 0 Å². The largest absolute Gasteiger partial charge is 0.497 e. The molecule has 5 heteroatoms. The Balaban J connectivity index is 1.86. The number of nitrogens with one attached hydrogen (secondary N) is 1. The van der Waals surface area contributed by atoms with Crippen molar-refractivity contribution in [1.82, 2.24) is 0 Å². The minimum absolute atomic E-state index is 0.0319. The highest BCUT2D eigenvalue weighted by Crippen LogP contribution is 2.19. The number of rotatable bonds is 6. The molecule has 0 spiro atoms. The number of hydrogen-bond acceptors (Lipinski definition) is 4. The number of anilines is 1. The molecule has 0 saturated carbocycles. The highest BCUT2D eigenvalue weighted by Gasteiger charge is 2.04. The van der Waals surface area contributed by atoms with Crippen molar-refractivity contribution in [3.8, 4) is 11.5 Å². The van der Waals surface area contributed by atoms with Crippen molar-refractivity contribution in [3.05, 3.63) is 48.5 Å². The summed E-state index contributed by atoms with van der Waals surface area (Å²) in [4.78, 5) is 13.0. The fraction of sp³-hybridized carbons (Fsp3) is 0.188. The zero-order valence-electron chi connectivity index (χ0n) is 12.0. The lowest BCUT2D eigenvalue weighted by atomic mass is 10.3. The summed E-state index contributed by atoms with van der Waals surface area (Å²) < 4.78 is 10.5. The molecule has 0 bridgehead atoms.